The Kier molecular flexibility index (Phi) is 9.88. The number of rotatable bonds is 7. The molecule has 5 heteroatoms. The number of aliphatic hydroxyl groups is 1. The molecule has 3 saturated carbocycles. The molecule has 0 aromatic carbocycles. The summed E-state index contributed by atoms with van der Waals surface area (Å²) in [6.45, 7) is 33.1. The van der Waals surface area contributed by atoms with Crippen molar-refractivity contribution in [3.05, 3.63) is 35.5 Å². The van der Waals surface area contributed by atoms with E-state index in [9.17, 15) is 5.11 Å². The molecule has 0 aromatic rings. The number of fused-ring (bicyclic) bond motifs is 1. The van der Waals surface area contributed by atoms with E-state index in [4.69, 9.17) is 8.85 Å². The topological polar surface area (TPSA) is 38.7 Å². The van der Waals surface area contributed by atoms with Gasteiger partial charge in [-0.05, 0) is 109 Å². The van der Waals surface area contributed by atoms with Gasteiger partial charge >= 0.3 is 0 Å². The lowest BCUT2D eigenvalue weighted by molar-refractivity contribution is 0.0690. The van der Waals surface area contributed by atoms with Crippen molar-refractivity contribution in [2.45, 2.75) is 149 Å². The first kappa shape index (κ1) is 33.0. The van der Waals surface area contributed by atoms with Gasteiger partial charge in [0, 0.05) is 13.0 Å². The minimum atomic E-state index is -1.96. The fourth-order valence-electron chi connectivity index (χ4n) is 7.11. The summed E-state index contributed by atoms with van der Waals surface area (Å²) in [4.78, 5) is 0. The van der Waals surface area contributed by atoms with E-state index in [0.717, 1.165) is 12.8 Å². The minimum absolute atomic E-state index is 0.0250. The van der Waals surface area contributed by atoms with Crippen LogP contribution in [0.5, 0.6) is 0 Å². The summed E-state index contributed by atoms with van der Waals surface area (Å²) < 4.78 is 14.1. The molecular formula is C34H62O3Si2. The van der Waals surface area contributed by atoms with E-state index in [0.29, 0.717) is 29.8 Å². The van der Waals surface area contributed by atoms with Gasteiger partial charge in [-0.2, -0.15) is 0 Å². The second-order valence-electron chi connectivity index (χ2n) is 16.5. The summed E-state index contributed by atoms with van der Waals surface area (Å²) >= 11 is 0. The summed E-state index contributed by atoms with van der Waals surface area (Å²) in [5, 5.41) is 10.3. The summed E-state index contributed by atoms with van der Waals surface area (Å²) in [6, 6.07) is 0. The van der Waals surface area contributed by atoms with E-state index in [1.54, 1.807) is 5.57 Å². The highest BCUT2D eigenvalue weighted by Crippen LogP contribution is 2.59. The zero-order chi connectivity index (χ0) is 29.6. The van der Waals surface area contributed by atoms with Gasteiger partial charge in [-0.3, -0.25) is 0 Å². The van der Waals surface area contributed by atoms with Crippen molar-refractivity contribution >= 4 is 16.6 Å². The van der Waals surface area contributed by atoms with Crippen LogP contribution in [0.2, 0.25) is 36.3 Å². The molecular weight excluding hydrogens is 513 g/mol. The SMILES string of the molecule is C=C1C(=CC=C2CCC[C@@]3(C)C2CC[C@@H]3[C@H](C)CO)C[C@@H](O[Si](C)(C)C(C)(C)C)C[C@@H]1O[Si](C)(C)C(C)(C)C. The summed E-state index contributed by atoms with van der Waals surface area (Å²) in [7, 11) is -3.87. The lowest BCUT2D eigenvalue weighted by Gasteiger charge is -2.45. The number of hydrogen-bond acceptors (Lipinski definition) is 3. The Morgan fingerprint density at radius 2 is 1.59 bits per heavy atom. The average Bonchev–Trinajstić information content (AvgIpc) is 3.15. The third-order valence-electron chi connectivity index (χ3n) is 11.7. The predicted octanol–water partition coefficient (Wildman–Crippen LogP) is 9.81. The predicted molar refractivity (Wildman–Crippen MR) is 173 cm³/mol. The van der Waals surface area contributed by atoms with Crippen LogP contribution in [0.3, 0.4) is 0 Å². The molecule has 0 aliphatic heterocycles. The number of aliphatic hydroxyl groups excluding tert-OH is 1. The fraction of sp³-hybridized carbons (Fsp3) is 0.824. The maximum Gasteiger partial charge on any atom is 0.192 e. The second-order valence-corrected chi connectivity index (χ2v) is 26.0. The van der Waals surface area contributed by atoms with Crippen molar-refractivity contribution in [2.75, 3.05) is 6.61 Å². The molecule has 224 valence electrons. The van der Waals surface area contributed by atoms with E-state index in [1.165, 1.54) is 43.3 Å². The molecule has 0 amide bonds. The second kappa shape index (κ2) is 11.7. The van der Waals surface area contributed by atoms with E-state index < -0.39 is 16.6 Å². The fourth-order valence-corrected chi connectivity index (χ4v) is 9.78. The van der Waals surface area contributed by atoms with E-state index in [1.807, 2.05) is 0 Å². The summed E-state index contributed by atoms with van der Waals surface area (Å²) in [5.41, 5.74) is 4.43. The molecule has 3 rings (SSSR count). The molecule has 3 aliphatic carbocycles. The highest BCUT2D eigenvalue weighted by atomic mass is 28.4. The molecule has 3 aliphatic rings. The smallest absolute Gasteiger partial charge is 0.192 e. The lowest BCUT2D eigenvalue weighted by atomic mass is 9.61. The van der Waals surface area contributed by atoms with Gasteiger partial charge in [0.25, 0.3) is 0 Å². The first-order valence-electron chi connectivity index (χ1n) is 15.8. The lowest BCUT2D eigenvalue weighted by Crippen LogP contribution is -2.49. The normalized spacial score (nSPS) is 34.0. The third kappa shape index (κ3) is 6.96. The Morgan fingerprint density at radius 1 is 1.00 bits per heavy atom. The van der Waals surface area contributed by atoms with Crippen LogP contribution in [0.1, 0.15) is 100 Å². The van der Waals surface area contributed by atoms with Gasteiger partial charge in [-0.1, -0.05) is 79.7 Å². The summed E-state index contributed by atoms with van der Waals surface area (Å²) in [5.74, 6) is 1.65. The molecule has 39 heavy (non-hydrogen) atoms. The Morgan fingerprint density at radius 3 is 2.15 bits per heavy atom. The zero-order valence-corrected chi connectivity index (χ0v) is 29.7. The molecule has 0 heterocycles. The molecule has 0 bridgehead atoms. The Hall–Kier alpha value is -0.466. The molecule has 1 N–H and O–H groups in total. The van der Waals surface area contributed by atoms with Gasteiger partial charge in [-0.25, -0.2) is 0 Å². The monoisotopic (exact) mass is 574 g/mol. The maximum absolute atomic E-state index is 9.93. The van der Waals surface area contributed by atoms with Crippen molar-refractivity contribution in [1.29, 1.82) is 0 Å². The number of hydrogen-bond donors (Lipinski definition) is 1. The molecule has 0 aromatic heterocycles. The average molecular weight is 575 g/mol. The highest BCUT2D eigenvalue weighted by Gasteiger charge is 2.50. The Bertz CT molecular complexity index is 948. The summed E-state index contributed by atoms with van der Waals surface area (Å²) in [6.07, 6.45) is 13.2. The minimum Gasteiger partial charge on any atom is -0.413 e. The van der Waals surface area contributed by atoms with Gasteiger partial charge in [0.1, 0.15) is 0 Å². The van der Waals surface area contributed by atoms with Gasteiger partial charge in [-0.15, -0.1) is 0 Å². The molecule has 3 nitrogen and oxygen atoms in total. The van der Waals surface area contributed by atoms with Crippen molar-refractivity contribution < 1.29 is 14.0 Å². The van der Waals surface area contributed by atoms with Gasteiger partial charge < -0.3 is 14.0 Å². The quantitative estimate of drug-likeness (QED) is 0.308. The van der Waals surface area contributed by atoms with Gasteiger partial charge in [0.05, 0.1) is 12.2 Å². The van der Waals surface area contributed by atoms with Crippen LogP contribution < -0.4 is 0 Å². The van der Waals surface area contributed by atoms with Crippen LogP contribution in [0.25, 0.3) is 0 Å². The first-order valence-corrected chi connectivity index (χ1v) is 21.6. The van der Waals surface area contributed by atoms with E-state index in [2.05, 4.69) is 100 Å². The standard InChI is InChI=1S/C34H62O3Si2/c1-24(23-35)29-18-19-30-26(15-14-20-34(29,30)9)16-17-27-21-28(36-38(10,11)32(3,4)5)22-31(25(27)2)37-39(12,13)33(6,7)8/h16-17,24,28-31,35H,2,14-15,18-23H2,1,3-13H3/t24-,28-,29-,30?,31+,34-/m1/s1. The Balaban J connectivity index is 1.93. The van der Waals surface area contributed by atoms with Crippen LogP contribution >= 0.6 is 0 Å². The third-order valence-corrected chi connectivity index (χ3v) is 20.8. The molecule has 0 spiro atoms. The Labute approximate surface area is 244 Å². The first-order chi connectivity index (χ1) is 17.7. The zero-order valence-electron chi connectivity index (χ0n) is 27.7. The van der Waals surface area contributed by atoms with E-state index >= 15 is 0 Å². The van der Waals surface area contributed by atoms with Crippen molar-refractivity contribution in [2.24, 2.45) is 23.2 Å². The van der Waals surface area contributed by atoms with Crippen LogP contribution in [0.4, 0.5) is 0 Å². The van der Waals surface area contributed by atoms with E-state index in [-0.39, 0.29) is 22.3 Å². The largest absolute Gasteiger partial charge is 0.413 e. The van der Waals surface area contributed by atoms with Crippen molar-refractivity contribution in [3.8, 4) is 0 Å². The highest BCUT2D eigenvalue weighted by molar-refractivity contribution is 6.74. The molecule has 1 unspecified atom stereocenters. The van der Waals surface area contributed by atoms with Crippen LogP contribution in [-0.4, -0.2) is 40.6 Å². The molecule has 0 radical (unpaired) electrons. The van der Waals surface area contributed by atoms with Crippen LogP contribution in [-0.2, 0) is 8.85 Å². The van der Waals surface area contributed by atoms with Crippen LogP contribution in [0.15, 0.2) is 35.5 Å². The van der Waals surface area contributed by atoms with Gasteiger partial charge in [0.2, 0.25) is 0 Å². The van der Waals surface area contributed by atoms with Crippen molar-refractivity contribution in [1.82, 2.24) is 0 Å². The van der Waals surface area contributed by atoms with Gasteiger partial charge in [0.15, 0.2) is 16.6 Å². The molecule has 6 atom stereocenters. The van der Waals surface area contributed by atoms with Crippen molar-refractivity contribution in [3.63, 3.8) is 0 Å². The van der Waals surface area contributed by atoms with Crippen LogP contribution in [0, 0.1) is 23.2 Å². The number of allylic oxidation sites excluding steroid dienone is 3. The maximum atomic E-state index is 9.93. The molecule has 0 saturated heterocycles. The molecule has 3 fully saturated rings.